The third-order valence-electron chi connectivity index (χ3n) is 2.05. The highest BCUT2D eigenvalue weighted by molar-refractivity contribution is 6.67. The maximum Gasteiger partial charge on any atom is 0.193 e. The zero-order chi connectivity index (χ0) is 9.61. The average Bonchev–Trinajstić information content (AvgIpc) is 1.96. The van der Waals surface area contributed by atoms with Crippen LogP contribution in [0, 0.1) is 5.92 Å². The fourth-order valence-corrected chi connectivity index (χ4v) is 1.37. The summed E-state index contributed by atoms with van der Waals surface area (Å²) in [7, 11) is 0. The van der Waals surface area contributed by atoms with E-state index in [0.29, 0.717) is 0 Å². The lowest BCUT2D eigenvalue weighted by Gasteiger charge is -2.19. The fraction of sp³-hybridized carbons (Fsp3) is 1.00. The first kappa shape index (κ1) is 12.9. The fourth-order valence-electron chi connectivity index (χ4n) is 1.04. The summed E-state index contributed by atoms with van der Waals surface area (Å²) in [6, 6.07) is 0. The average molecular weight is 232 g/mol. The molecule has 0 aliphatic heterocycles. The molecule has 0 saturated carbocycles. The van der Waals surface area contributed by atoms with Crippen LogP contribution in [0.1, 0.15) is 46.0 Å². The molecule has 0 aromatic rings. The molecule has 0 heterocycles. The zero-order valence-corrected chi connectivity index (χ0v) is 10.0. The molecule has 0 aromatic carbocycles. The molecule has 0 radical (unpaired) electrons. The van der Waals surface area contributed by atoms with E-state index in [1.807, 2.05) is 6.92 Å². The van der Waals surface area contributed by atoms with Crippen LogP contribution in [0.15, 0.2) is 0 Å². The van der Waals surface area contributed by atoms with Crippen molar-refractivity contribution in [2.45, 2.75) is 49.7 Å². The van der Waals surface area contributed by atoms with Gasteiger partial charge in [0.05, 0.1) is 0 Å². The van der Waals surface area contributed by atoms with Gasteiger partial charge >= 0.3 is 0 Å². The van der Waals surface area contributed by atoms with E-state index < -0.39 is 3.79 Å². The minimum absolute atomic E-state index is 0.166. The lowest BCUT2D eigenvalue weighted by atomic mass is 10.0. The molecule has 0 spiro atoms. The van der Waals surface area contributed by atoms with Crippen LogP contribution in [0.5, 0.6) is 0 Å². The van der Waals surface area contributed by atoms with Gasteiger partial charge in [-0.25, -0.2) is 0 Å². The molecule has 0 aliphatic carbocycles. The van der Waals surface area contributed by atoms with Crippen molar-refractivity contribution in [1.29, 1.82) is 0 Å². The first-order valence-corrected chi connectivity index (χ1v) is 5.68. The molecule has 0 N–H and O–H groups in total. The van der Waals surface area contributed by atoms with Gasteiger partial charge in [-0.3, -0.25) is 0 Å². The number of rotatable bonds is 5. The Kier molecular flexibility index (Phi) is 6.80. The van der Waals surface area contributed by atoms with Gasteiger partial charge in [-0.2, -0.15) is 0 Å². The summed E-state index contributed by atoms with van der Waals surface area (Å²) in [5.74, 6) is 0.166. The number of alkyl halides is 3. The monoisotopic (exact) mass is 230 g/mol. The second-order valence-corrected chi connectivity index (χ2v) is 5.66. The Morgan fingerprint density at radius 1 is 1.08 bits per heavy atom. The molecule has 74 valence electrons. The molecular formula is C9H17Cl3. The summed E-state index contributed by atoms with van der Waals surface area (Å²) >= 11 is 17.2. The molecule has 0 nitrogen and oxygen atoms in total. The third kappa shape index (κ3) is 6.39. The van der Waals surface area contributed by atoms with E-state index in [4.69, 9.17) is 34.8 Å². The maximum absolute atomic E-state index is 5.73. The summed E-state index contributed by atoms with van der Waals surface area (Å²) in [5, 5.41) is 0. The lowest BCUT2D eigenvalue weighted by molar-refractivity contribution is 0.496. The second kappa shape index (κ2) is 6.34. The zero-order valence-electron chi connectivity index (χ0n) is 7.75. The van der Waals surface area contributed by atoms with E-state index in [2.05, 4.69) is 6.92 Å². The molecule has 1 unspecified atom stereocenters. The van der Waals surface area contributed by atoms with Crippen molar-refractivity contribution in [3.8, 4) is 0 Å². The van der Waals surface area contributed by atoms with Crippen LogP contribution in [-0.2, 0) is 0 Å². The van der Waals surface area contributed by atoms with Crippen LogP contribution in [0.25, 0.3) is 0 Å². The minimum atomic E-state index is -1.08. The molecule has 0 bridgehead atoms. The second-order valence-electron chi connectivity index (χ2n) is 3.29. The Bertz CT molecular complexity index is 107. The minimum Gasteiger partial charge on any atom is -0.0834 e. The van der Waals surface area contributed by atoms with Crippen molar-refractivity contribution >= 4 is 34.8 Å². The Morgan fingerprint density at radius 3 is 2.08 bits per heavy atom. The van der Waals surface area contributed by atoms with Crippen molar-refractivity contribution in [3.05, 3.63) is 0 Å². The predicted molar refractivity (Wildman–Crippen MR) is 58.2 cm³/mol. The van der Waals surface area contributed by atoms with E-state index >= 15 is 0 Å². The quantitative estimate of drug-likeness (QED) is 0.463. The topological polar surface area (TPSA) is 0 Å². The van der Waals surface area contributed by atoms with Crippen molar-refractivity contribution in [2.75, 3.05) is 0 Å². The highest BCUT2D eigenvalue weighted by Gasteiger charge is 2.27. The molecule has 12 heavy (non-hydrogen) atoms. The molecule has 0 rings (SSSR count). The molecule has 0 fully saturated rings. The maximum atomic E-state index is 5.73. The Hall–Kier alpha value is 0.870. The van der Waals surface area contributed by atoms with E-state index in [1.165, 1.54) is 25.7 Å². The summed E-state index contributed by atoms with van der Waals surface area (Å²) < 4.78 is -1.08. The molecule has 1 atom stereocenters. The van der Waals surface area contributed by atoms with Crippen LogP contribution >= 0.6 is 34.8 Å². The van der Waals surface area contributed by atoms with Gasteiger partial charge in [0.1, 0.15) is 0 Å². The van der Waals surface area contributed by atoms with Crippen LogP contribution < -0.4 is 0 Å². The Morgan fingerprint density at radius 2 is 1.67 bits per heavy atom. The highest BCUT2D eigenvalue weighted by Crippen LogP contribution is 2.37. The van der Waals surface area contributed by atoms with Gasteiger partial charge in [0.25, 0.3) is 0 Å². The van der Waals surface area contributed by atoms with Gasteiger partial charge in [-0.1, -0.05) is 74.3 Å². The number of hydrogen-bond donors (Lipinski definition) is 0. The van der Waals surface area contributed by atoms with Gasteiger partial charge < -0.3 is 0 Å². The van der Waals surface area contributed by atoms with Crippen LogP contribution in [0.3, 0.4) is 0 Å². The third-order valence-corrected chi connectivity index (χ3v) is 3.17. The number of unbranched alkanes of at least 4 members (excludes halogenated alkanes) is 3. The first-order chi connectivity index (χ1) is 5.48. The van der Waals surface area contributed by atoms with Crippen molar-refractivity contribution in [3.63, 3.8) is 0 Å². The first-order valence-electron chi connectivity index (χ1n) is 4.55. The van der Waals surface area contributed by atoms with Crippen molar-refractivity contribution < 1.29 is 0 Å². The summed E-state index contributed by atoms with van der Waals surface area (Å²) in [5.41, 5.74) is 0. The summed E-state index contributed by atoms with van der Waals surface area (Å²) in [4.78, 5) is 0. The molecule has 0 amide bonds. The van der Waals surface area contributed by atoms with Crippen molar-refractivity contribution in [2.24, 2.45) is 5.92 Å². The van der Waals surface area contributed by atoms with E-state index in [0.717, 1.165) is 6.42 Å². The largest absolute Gasteiger partial charge is 0.193 e. The van der Waals surface area contributed by atoms with Gasteiger partial charge in [-0.05, 0) is 6.42 Å². The van der Waals surface area contributed by atoms with Crippen LogP contribution in [0.2, 0.25) is 0 Å². The molecular weight excluding hydrogens is 214 g/mol. The van der Waals surface area contributed by atoms with Crippen molar-refractivity contribution in [1.82, 2.24) is 0 Å². The van der Waals surface area contributed by atoms with E-state index in [1.54, 1.807) is 0 Å². The SMILES string of the molecule is CCCCCCC(C)C(Cl)(Cl)Cl. The van der Waals surface area contributed by atoms with Gasteiger partial charge in [0, 0.05) is 5.92 Å². The predicted octanol–water partition coefficient (Wildman–Crippen LogP) is 4.96. The normalized spacial score (nSPS) is 14.8. The molecule has 0 aromatic heterocycles. The van der Waals surface area contributed by atoms with Crippen LogP contribution in [0.4, 0.5) is 0 Å². The number of halogens is 3. The van der Waals surface area contributed by atoms with Gasteiger partial charge in [0.2, 0.25) is 0 Å². The summed E-state index contributed by atoms with van der Waals surface area (Å²) in [6.45, 7) is 4.18. The van der Waals surface area contributed by atoms with E-state index in [9.17, 15) is 0 Å². The Balaban J connectivity index is 3.38. The smallest absolute Gasteiger partial charge is 0.0834 e. The summed E-state index contributed by atoms with van der Waals surface area (Å²) in [6.07, 6.45) is 5.97. The van der Waals surface area contributed by atoms with Gasteiger partial charge in [0.15, 0.2) is 3.79 Å². The lowest BCUT2D eigenvalue weighted by Crippen LogP contribution is -2.15. The molecule has 0 saturated heterocycles. The van der Waals surface area contributed by atoms with Gasteiger partial charge in [-0.15, -0.1) is 0 Å². The van der Waals surface area contributed by atoms with E-state index in [-0.39, 0.29) is 5.92 Å². The Labute approximate surface area is 90.6 Å². The standard InChI is InChI=1S/C9H17Cl3/c1-3-4-5-6-7-8(2)9(10,11)12/h8H,3-7H2,1-2H3. The van der Waals surface area contributed by atoms with Crippen LogP contribution in [-0.4, -0.2) is 3.79 Å². The molecule has 3 heteroatoms. The molecule has 0 aliphatic rings. The number of hydrogen-bond acceptors (Lipinski definition) is 0. The highest BCUT2D eigenvalue weighted by atomic mass is 35.6.